The van der Waals surface area contributed by atoms with Crippen molar-refractivity contribution in [2.45, 2.75) is 32.4 Å². The van der Waals surface area contributed by atoms with Gasteiger partial charge in [0.15, 0.2) is 0 Å². The average Bonchev–Trinajstić information content (AvgIpc) is 2.79. The van der Waals surface area contributed by atoms with E-state index in [1.54, 1.807) is 0 Å². The first-order chi connectivity index (χ1) is 8.69. The van der Waals surface area contributed by atoms with Crippen LogP contribution in [-0.2, 0) is 13.0 Å². The van der Waals surface area contributed by atoms with Gasteiger partial charge in [0.25, 0.3) is 0 Å². The number of nitrogens with zero attached hydrogens (tertiary/aromatic N) is 1. The van der Waals surface area contributed by atoms with Crippen LogP contribution in [0, 0.1) is 0 Å². The van der Waals surface area contributed by atoms with Gasteiger partial charge in [-0.05, 0) is 36.2 Å². The van der Waals surface area contributed by atoms with Crippen LogP contribution >= 0.6 is 15.9 Å². The van der Waals surface area contributed by atoms with Crippen LogP contribution in [0.4, 0.5) is 0 Å². The minimum Gasteiger partial charge on any atom is -0.347 e. The highest BCUT2D eigenvalue weighted by Crippen LogP contribution is 2.14. The van der Waals surface area contributed by atoms with E-state index in [1.807, 2.05) is 0 Å². The van der Waals surface area contributed by atoms with Gasteiger partial charge in [-0.1, -0.05) is 35.0 Å². The van der Waals surface area contributed by atoms with Crippen molar-refractivity contribution in [3.05, 3.63) is 58.3 Å². The summed E-state index contributed by atoms with van der Waals surface area (Å²) < 4.78 is 3.39. The lowest BCUT2D eigenvalue weighted by atomic mass is 10.1. The summed E-state index contributed by atoms with van der Waals surface area (Å²) in [5.74, 6) is 0. The van der Waals surface area contributed by atoms with E-state index in [9.17, 15) is 0 Å². The fourth-order valence-corrected chi connectivity index (χ4v) is 2.25. The van der Waals surface area contributed by atoms with Gasteiger partial charge in [0, 0.05) is 35.4 Å². The number of rotatable bonds is 5. The van der Waals surface area contributed by atoms with Crippen LogP contribution in [-0.4, -0.2) is 10.6 Å². The van der Waals surface area contributed by atoms with Crippen LogP contribution in [0.1, 0.15) is 24.6 Å². The molecule has 0 spiro atoms. The molecule has 0 aliphatic carbocycles. The van der Waals surface area contributed by atoms with Gasteiger partial charge in [-0.2, -0.15) is 0 Å². The third-order valence-electron chi connectivity index (χ3n) is 3.19. The van der Waals surface area contributed by atoms with E-state index in [1.165, 1.54) is 11.3 Å². The Hall–Kier alpha value is -1.06. The minimum atomic E-state index is 0.253. The first-order valence-corrected chi connectivity index (χ1v) is 7.12. The van der Waals surface area contributed by atoms with Crippen LogP contribution in [0.15, 0.2) is 47.1 Å². The second-order valence-corrected chi connectivity index (χ2v) is 5.54. The van der Waals surface area contributed by atoms with Crippen molar-refractivity contribution in [1.29, 1.82) is 0 Å². The van der Waals surface area contributed by atoms with E-state index in [4.69, 9.17) is 5.73 Å². The Kier molecular flexibility index (Phi) is 4.61. The summed E-state index contributed by atoms with van der Waals surface area (Å²) in [6.07, 6.45) is 4.09. The molecule has 0 fully saturated rings. The molecule has 0 radical (unpaired) electrons. The Balaban J connectivity index is 2.09. The quantitative estimate of drug-likeness (QED) is 0.899. The summed E-state index contributed by atoms with van der Waals surface area (Å²) >= 11 is 3.46. The van der Waals surface area contributed by atoms with Crippen molar-refractivity contribution in [1.82, 2.24) is 4.57 Å². The second kappa shape index (κ2) is 6.21. The van der Waals surface area contributed by atoms with Gasteiger partial charge in [-0.25, -0.2) is 0 Å². The molecule has 3 heteroatoms. The molecule has 0 aliphatic rings. The molecule has 0 amide bonds. The predicted molar refractivity (Wildman–Crippen MR) is 79.6 cm³/mol. The molecule has 0 bridgehead atoms. The van der Waals surface area contributed by atoms with Crippen molar-refractivity contribution >= 4 is 15.9 Å². The minimum absolute atomic E-state index is 0.253. The van der Waals surface area contributed by atoms with Crippen LogP contribution in [0.2, 0.25) is 0 Å². The Labute approximate surface area is 117 Å². The largest absolute Gasteiger partial charge is 0.347 e. The summed E-state index contributed by atoms with van der Waals surface area (Å²) in [6.45, 7) is 3.04. The lowest BCUT2D eigenvalue weighted by Crippen LogP contribution is -2.23. The highest BCUT2D eigenvalue weighted by molar-refractivity contribution is 9.10. The lowest BCUT2D eigenvalue weighted by molar-refractivity contribution is 0.610. The number of hydrogen-bond acceptors (Lipinski definition) is 1. The molecule has 1 heterocycles. The SMILES string of the molecule is CCC(N)Cc1cccn1Cc1ccc(Br)cc1. The molecule has 1 aromatic heterocycles. The molecular weight excluding hydrogens is 288 g/mol. The molecule has 2 rings (SSSR count). The lowest BCUT2D eigenvalue weighted by Gasteiger charge is -2.13. The molecule has 2 N–H and O–H groups in total. The zero-order valence-electron chi connectivity index (χ0n) is 10.6. The average molecular weight is 307 g/mol. The Morgan fingerprint density at radius 1 is 1.22 bits per heavy atom. The number of aromatic nitrogens is 1. The first-order valence-electron chi connectivity index (χ1n) is 6.33. The summed E-state index contributed by atoms with van der Waals surface area (Å²) in [5, 5.41) is 0. The topological polar surface area (TPSA) is 30.9 Å². The standard InChI is InChI=1S/C15H19BrN2/c1-2-14(17)10-15-4-3-9-18(15)11-12-5-7-13(16)8-6-12/h3-9,14H,2,10-11,17H2,1H3. The number of hydrogen-bond donors (Lipinski definition) is 1. The van der Waals surface area contributed by atoms with E-state index >= 15 is 0 Å². The van der Waals surface area contributed by atoms with Crippen molar-refractivity contribution in [2.75, 3.05) is 0 Å². The number of nitrogens with two attached hydrogens (primary N) is 1. The van der Waals surface area contributed by atoms with Crippen LogP contribution < -0.4 is 5.73 Å². The molecule has 1 aromatic carbocycles. The maximum atomic E-state index is 6.03. The van der Waals surface area contributed by atoms with E-state index in [-0.39, 0.29) is 6.04 Å². The predicted octanol–water partition coefficient (Wildman–Crippen LogP) is 3.58. The molecule has 1 atom stereocenters. The summed E-state index contributed by atoms with van der Waals surface area (Å²) in [4.78, 5) is 0. The van der Waals surface area contributed by atoms with E-state index in [0.717, 1.165) is 23.9 Å². The van der Waals surface area contributed by atoms with Crippen molar-refractivity contribution in [3.63, 3.8) is 0 Å². The smallest absolute Gasteiger partial charge is 0.0472 e. The molecular formula is C15H19BrN2. The maximum absolute atomic E-state index is 6.03. The van der Waals surface area contributed by atoms with E-state index < -0.39 is 0 Å². The van der Waals surface area contributed by atoms with Gasteiger partial charge in [0.2, 0.25) is 0 Å². The first kappa shape index (κ1) is 13.4. The molecule has 18 heavy (non-hydrogen) atoms. The van der Waals surface area contributed by atoms with Crippen molar-refractivity contribution in [2.24, 2.45) is 5.73 Å². The highest BCUT2D eigenvalue weighted by atomic mass is 79.9. The fourth-order valence-electron chi connectivity index (χ4n) is 1.99. The number of benzene rings is 1. The van der Waals surface area contributed by atoms with Crippen LogP contribution in [0.3, 0.4) is 0 Å². The summed E-state index contributed by atoms with van der Waals surface area (Å²) in [7, 11) is 0. The zero-order chi connectivity index (χ0) is 13.0. The molecule has 0 aliphatic heterocycles. The molecule has 1 unspecified atom stereocenters. The highest BCUT2D eigenvalue weighted by Gasteiger charge is 2.06. The van der Waals surface area contributed by atoms with Gasteiger partial charge in [-0.3, -0.25) is 0 Å². The van der Waals surface area contributed by atoms with Gasteiger partial charge in [0.05, 0.1) is 0 Å². The zero-order valence-corrected chi connectivity index (χ0v) is 12.2. The summed E-state index contributed by atoms with van der Waals surface area (Å²) in [6, 6.07) is 13.0. The van der Waals surface area contributed by atoms with Crippen molar-refractivity contribution in [3.8, 4) is 0 Å². The number of halogens is 1. The van der Waals surface area contributed by atoms with Crippen LogP contribution in [0.5, 0.6) is 0 Å². The normalized spacial score (nSPS) is 12.6. The van der Waals surface area contributed by atoms with Gasteiger partial charge < -0.3 is 10.3 Å². The van der Waals surface area contributed by atoms with Crippen molar-refractivity contribution < 1.29 is 0 Å². The van der Waals surface area contributed by atoms with Crippen LogP contribution in [0.25, 0.3) is 0 Å². The van der Waals surface area contributed by atoms with Gasteiger partial charge in [-0.15, -0.1) is 0 Å². The molecule has 0 saturated carbocycles. The third kappa shape index (κ3) is 3.47. The fraction of sp³-hybridized carbons (Fsp3) is 0.333. The molecule has 2 aromatic rings. The Morgan fingerprint density at radius 2 is 1.94 bits per heavy atom. The second-order valence-electron chi connectivity index (χ2n) is 4.63. The Morgan fingerprint density at radius 3 is 2.61 bits per heavy atom. The molecule has 2 nitrogen and oxygen atoms in total. The van der Waals surface area contributed by atoms with E-state index in [2.05, 4.69) is 70.0 Å². The Bertz CT molecular complexity index is 487. The molecule has 96 valence electrons. The molecule has 0 saturated heterocycles. The third-order valence-corrected chi connectivity index (χ3v) is 3.71. The van der Waals surface area contributed by atoms with Gasteiger partial charge >= 0.3 is 0 Å². The maximum Gasteiger partial charge on any atom is 0.0472 e. The monoisotopic (exact) mass is 306 g/mol. The van der Waals surface area contributed by atoms with Gasteiger partial charge in [0.1, 0.15) is 0 Å². The van der Waals surface area contributed by atoms with E-state index in [0.29, 0.717) is 0 Å². The summed E-state index contributed by atoms with van der Waals surface area (Å²) in [5.41, 5.74) is 8.65.